The number of guanidine groups is 1. The molecule has 32 heavy (non-hydrogen) atoms. The summed E-state index contributed by atoms with van der Waals surface area (Å²) in [7, 11) is 0. The molecule has 0 aromatic heterocycles. The van der Waals surface area contributed by atoms with Gasteiger partial charge in [-0.15, -0.1) is 0 Å². The molecule has 0 saturated carbocycles. The maximum atomic E-state index is 12.3. The van der Waals surface area contributed by atoms with Crippen molar-refractivity contribution in [2.45, 2.75) is 64.6 Å². The molecular formula is C25H41N5O2. The number of aliphatic imine (C=N–C) groups is 1. The smallest absolute Gasteiger partial charge is 0.225 e. The van der Waals surface area contributed by atoms with Crippen molar-refractivity contribution in [1.29, 1.82) is 0 Å². The summed E-state index contributed by atoms with van der Waals surface area (Å²) in [5.41, 5.74) is 1.19. The molecule has 0 spiro atoms. The Bertz CT molecular complexity index is 746. The molecule has 3 N–H and O–H groups in total. The third-order valence-corrected chi connectivity index (χ3v) is 6.49. The zero-order chi connectivity index (χ0) is 23.0. The van der Waals surface area contributed by atoms with E-state index in [0.717, 1.165) is 58.1 Å². The van der Waals surface area contributed by atoms with E-state index in [2.05, 4.69) is 60.1 Å². The number of nitrogens with zero attached hydrogens (tertiary/aromatic N) is 2. The van der Waals surface area contributed by atoms with Crippen molar-refractivity contribution in [1.82, 2.24) is 20.9 Å². The molecule has 2 aliphatic rings. The highest BCUT2D eigenvalue weighted by atomic mass is 16.5. The van der Waals surface area contributed by atoms with Gasteiger partial charge in [-0.25, -0.2) is 0 Å². The van der Waals surface area contributed by atoms with Crippen molar-refractivity contribution >= 4 is 11.9 Å². The van der Waals surface area contributed by atoms with E-state index in [1.54, 1.807) is 0 Å². The van der Waals surface area contributed by atoms with E-state index in [4.69, 9.17) is 9.73 Å². The summed E-state index contributed by atoms with van der Waals surface area (Å²) in [6.07, 6.45) is 2.82. The molecule has 0 bridgehead atoms. The largest absolute Gasteiger partial charge is 0.381 e. The molecule has 0 aliphatic carbocycles. The highest BCUT2D eigenvalue weighted by Gasteiger charge is 2.34. The van der Waals surface area contributed by atoms with Crippen LogP contribution in [0.25, 0.3) is 0 Å². The SMILES string of the molecule is CCNC(=NCC1(NC(C)c2ccccc2)CCOCC1)NC1CCN(C(=O)C(C)C)C1. The van der Waals surface area contributed by atoms with Gasteiger partial charge in [0.05, 0.1) is 6.54 Å². The Morgan fingerprint density at radius 2 is 1.94 bits per heavy atom. The van der Waals surface area contributed by atoms with Gasteiger partial charge in [-0.1, -0.05) is 44.2 Å². The second kappa shape index (κ2) is 11.7. The minimum atomic E-state index is -0.0921. The fraction of sp³-hybridized carbons (Fsp3) is 0.680. The number of carbonyl (C=O) groups excluding carboxylic acids is 1. The van der Waals surface area contributed by atoms with Crippen LogP contribution in [0.15, 0.2) is 35.3 Å². The quantitative estimate of drug-likeness (QED) is 0.425. The number of rotatable bonds is 8. The van der Waals surface area contributed by atoms with Gasteiger partial charge in [-0.2, -0.15) is 0 Å². The van der Waals surface area contributed by atoms with Gasteiger partial charge in [0.25, 0.3) is 0 Å². The van der Waals surface area contributed by atoms with Crippen LogP contribution in [0, 0.1) is 5.92 Å². The average Bonchev–Trinajstić information content (AvgIpc) is 3.26. The summed E-state index contributed by atoms with van der Waals surface area (Å²) in [4.78, 5) is 19.3. The standard InChI is InChI=1S/C25H41N5O2/c1-5-26-24(28-22-11-14-30(17-22)23(31)19(2)3)27-18-25(12-15-32-16-13-25)29-20(4)21-9-7-6-8-10-21/h6-10,19-20,22,29H,5,11-18H2,1-4H3,(H2,26,27,28). The molecule has 0 radical (unpaired) electrons. The zero-order valence-electron chi connectivity index (χ0n) is 20.2. The van der Waals surface area contributed by atoms with E-state index in [0.29, 0.717) is 6.54 Å². The number of likely N-dealkylation sites (tertiary alicyclic amines) is 1. The van der Waals surface area contributed by atoms with Crippen molar-refractivity contribution < 1.29 is 9.53 Å². The molecule has 2 saturated heterocycles. The first-order chi connectivity index (χ1) is 15.4. The number of hydrogen-bond donors (Lipinski definition) is 3. The maximum absolute atomic E-state index is 12.3. The molecule has 1 amide bonds. The molecule has 178 valence electrons. The Morgan fingerprint density at radius 3 is 2.59 bits per heavy atom. The highest BCUT2D eigenvalue weighted by Crippen LogP contribution is 2.26. The lowest BCUT2D eigenvalue weighted by molar-refractivity contribution is -0.133. The van der Waals surface area contributed by atoms with E-state index in [-0.39, 0.29) is 29.4 Å². The molecule has 1 aromatic carbocycles. The number of ether oxygens (including phenoxy) is 1. The monoisotopic (exact) mass is 443 g/mol. The number of hydrogen-bond acceptors (Lipinski definition) is 4. The molecule has 2 unspecified atom stereocenters. The van der Waals surface area contributed by atoms with Crippen LogP contribution in [0.4, 0.5) is 0 Å². The highest BCUT2D eigenvalue weighted by molar-refractivity contribution is 5.81. The summed E-state index contributed by atoms with van der Waals surface area (Å²) in [6.45, 7) is 12.8. The summed E-state index contributed by atoms with van der Waals surface area (Å²) in [5.74, 6) is 1.11. The van der Waals surface area contributed by atoms with Crippen molar-refractivity contribution in [3.05, 3.63) is 35.9 Å². The third kappa shape index (κ3) is 6.69. The van der Waals surface area contributed by atoms with Crippen molar-refractivity contribution in [3.63, 3.8) is 0 Å². The number of nitrogens with one attached hydrogen (secondary N) is 3. The Hall–Kier alpha value is -2.12. The average molecular weight is 444 g/mol. The minimum absolute atomic E-state index is 0.0433. The summed E-state index contributed by atoms with van der Waals surface area (Å²) in [5, 5.41) is 10.8. The molecule has 3 rings (SSSR count). The molecule has 2 heterocycles. The molecule has 7 heteroatoms. The molecular weight excluding hydrogens is 402 g/mol. The predicted octanol–water partition coefficient (Wildman–Crippen LogP) is 2.70. The number of amides is 1. The number of carbonyl (C=O) groups is 1. The van der Waals surface area contributed by atoms with Crippen LogP contribution in [-0.2, 0) is 9.53 Å². The number of benzene rings is 1. The third-order valence-electron chi connectivity index (χ3n) is 6.49. The van der Waals surface area contributed by atoms with E-state index in [1.807, 2.05) is 18.7 Å². The van der Waals surface area contributed by atoms with Crippen LogP contribution >= 0.6 is 0 Å². The van der Waals surface area contributed by atoms with Gasteiger partial charge in [0.1, 0.15) is 0 Å². The van der Waals surface area contributed by atoms with Gasteiger partial charge in [0.15, 0.2) is 5.96 Å². The first kappa shape index (κ1) is 24.5. The fourth-order valence-corrected chi connectivity index (χ4v) is 4.58. The van der Waals surface area contributed by atoms with Crippen LogP contribution in [-0.4, -0.2) is 67.7 Å². The lowest BCUT2D eigenvalue weighted by atomic mass is 9.88. The second-order valence-electron chi connectivity index (χ2n) is 9.43. The van der Waals surface area contributed by atoms with Gasteiger partial charge >= 0.3 is 0 Å². The lowest BCUT2D eigenvalue weighted by Crippen LogP contribution is -2.53. The lowest BCUT2D eigenvalue weighted by Gasteiger charge is -2.39. The summed E-state index contributed by atoms with van der Waals surface area (Å²) < 4.78 is 5.67. The van der Waals surface area contributed by atoms with E-state index >= 15 is 0 Å². The van der Waals surface area contributed by atoms with Crippen LogP contribution in [0.3, 0.4) is 0 Å². The Kier molecular flexibility index (Phi) is 8.93. The van der Waals surface area contributed by atoms with E-state index in [9.17, 15) is 4.79 Å². The maximum Gasteiger partial charge on any atom is 0.225 e. The van der Waals surface area contributed by atoms with Gasteiger partial charge in [-0.3, -0.25) is 9.79 Å². The van der Waals surface area contributed by atoms with Crippen molar-refractivity contribution in [3.8, 4) is 0 Å². The predicted molar refractivity (Wildman–Crippen MR) is 130 cm³/mol. The van der Waals surface area contributed by atoms with Crippen LogP contribution < -0.4 is 16.0 Å². The Labute approximate surface area is 193 Å². The van der Waals surface area contributed by atoms with Gasteiger partial charge in [0, 0.05) is 56.4 Å². The van der Waals surface area contributed by atoms with Gasteiger partial charge < -0.3 is 25.6 Å². The van der Waals surface area contributed by atoms with Crippen LogP contribution in [0.2, 0.25) is 0 Å². The zero-order valence-corrected chi connectivity index (χ0v) is 20.2. The first-order valence-electron chi connectivity index (χ1n) is 12.2. The van der Waals surface area contributed by atoms with E-state index < -0.39 is 0 Å². The first-order valence-corrected chi connectivity index (χ1v) is 12.2. The van der Waals surface area contributed by atoms with Gasteiger partial charge in [-0.05, 0) is 38.7 Å². The van der Waals surface area contributed by atoms with Crippen LogP contribution in [0.5, 0.6) is 0 Å². The van der Waals surface area contributed by atoms with Crippen molar-refractivity contribution in [2.75, 3.05) is 39.4 Å². The van der Waals surface area contributed by atoms with Crippen molar-refractivity contribution in [2.24, 2.45) is 10.9 Å². The summed E-state index contributed by atoms with van der Waals surface area (Å²) >= 11 is 0. The Balaban J connectivity index is 1.65. The molecule has 2 aliphatic heterocycles. The fourth-order valence-electron chi connectivity index (χ4n) is 4.58. The summed E-state index contributed by atoms with van der Waals surface area (Å²) in [6, 6.07) is 11.0. The topological polar surface area (TPSA) is 78.0 Å². The molecule has 2 atom stereocenters. The minimum Gasteiger partial charge on any atom is -0.381 e. The van der Waals surface area contributed by atoms with Crippen LogP contribution in [0.1, 0.15) is 58.6 Å². The Morgan fingerprint density at radius 1 is 1.22 bits per heavy atom. The molecule has 2 fully saturated rings. The van der Waals surface area contributed by atoms with Gasteiger partial charge in [0.2, 0.25) is 5.91 Å². The molecule has 7 nitrogen and oxygen atoms in total. The molecule has 1 aromatic rings. The second-order valence-corrected chi connectivity index (χ2v) is 9.43. The normalized spacial score (nSPS) is 22.1. The van der Waals surface area contributed by atoms with E-state index in [1.165, 1.54) is 5.56 Å².